The Morgan fingerprint density at radius 2 is 2.00 bits per heavy atom. The quantitative estimate of drug-likeness (QED) is 0.450. The van der Waals surface area contributed by atoms with Crippen LogP contribution < -0.4 is 21.3 Å². The molecule has 3 fully saturated rings. The summed E-state index contributed by atoms with van der Waals surface area (Å²) in [4.78, 5) is 28.0. The van der Waals surface area contributed by atoms with Gasteiger partial charge in [0.05, 0.1) is 6.20 Å². The van der Waals surface area contributed by atoms with E-state index in [0.29, 0.717) is 17.3 Å². The first-order chi connectivity index (χ1) is 13.7. The lowest BCUT2D eigenvalue weighted by molar-refractivity contribution is -0.115. The van der Waals surface area contributed by atoms with Crippen molar-refractivity contribution in [2.45, 2.75) is 44.6 Å². The summed E-state index contributed by atoms with van der Waals surface area (Å²) in [6, 6.07) is 1.92. The summed E-state index contributed by atoms with van der Waals surface area (Å²) in [5.74, 6) is 1.96. The Labute approximate surface area is 162 Å². The number of carbonyl (C=O) groups excluding carboxylic acids is 2. The van der Waals surface area contributed by atoms with Crippen molar-refractivity contribution in [2.75, 3.05) is 17.2 Å². The van der Waals surface area contributed by atoms with Gasteiger partial charge in [0.2, 0.25) is 0 Å². The highest BCUT2D eigenvalue weighted by Gasteiger charge is 2.25. The smallest absolute Gasteiger partial charge is 0.326 e. The molecule has 0 radical (unpaired) electrons. The lowest BCUT2D eigenvalue weighted by Gasteiger charge is -2.15. The van der Waals surface area contributed by atoms with Crippen molar-refractivity contribution < 1.29 is 9.59 Å². The van der Waals surface area contributed by atoms with Crippen LogP contribution in [-0.2, 0) is 4.79 Å². The summed E-state index contributed by atoms with van der Waals surface area (Å²) >= 11 is 0. The lowest BCUT2D eigenvalue weighted by Crippen LogP contribution is -2.22. The Morgan fingerprint density at radius 1 is 1.18 bits per heavy atom. The summed E-state index contributed by atoms with van der Waals surface area (Å²) in [5.41, 5.74) is 1.52. The minimum atomic E-state index is -0.518. The fourth-order valence-electron chi connectivity index (χ4n) is 3.77. The molecule has 9 heteroatoms. The van der Waals surface area contributed by atoms with Gasteiger partial charge in [-0.3, -0.25) is 10.1 Å². The second-order valence-electron chi connectivity index (χ2n) is 7.78. The maximum absolute atomic E-state index is 11.9. The molecule has 9 nitrogen and oxygen atoms in total. The molecule has 3 aliphatic rings. The predicted octanol–water partition coefficient (Wildman–Crippen LogP) is 2.09. The summed E-state index contributed by atoms with van der Waals surface area (Å²) in [5, 5.41) is 16.2. The number of aromatic nitrogens is 3. The van der Waals surface area contributed by atoms with Crippen LogP contribution in [-0.4, -0.2) is 39.1 Å². The molecule has 28 heavy (non-hydrogen) atoms. The number of urea groups is 1. The Hall–Kier alpha value is -3.10. The van der Waals surface area contributed by atoms with Gasteiger partial charge in [0.1, 0.15) is 17.3 Å². The standard InChI is InChI=1S/C19H23N7O2/c27-18-14(23-19(28)25-18)7-12-10-21-26-16(20-9-11-5-6-11)8-15(24-17(12)26)22-13-3-1-2-4-13/h7-8,10-11,13,20H,1-6,9H2,(H,22,24)(H2,23,25,27,28)/b14-7-. The maximum atomic E-state index is 11.9. The summed E-state index contributed by atoms with van der Waals surface area (Å²) < 4.78 is 1.75. The largest absolute Gasteiger partial charge is 0.370 e. The van der Waals surface area contributed by atoms with Crippen LogP contribution in [0.2, 0.25) is 0 Å². The molecule has 2 aromatic heterocycles. The van der Waals surface area contributed by atoms with Crippen LogP contribution >= 0.6 is 0 Å². The SMILES string of the molecule is O=C1NC(=O)/C(=C/c2cnn3c(NCC4CC4)cc(NC4CCCC4)nc23)N1. The molecule has 5 rings (SSSR count). The zero-order valence-corrected chi connectivity index (χ0v) is 15.5. The highest BCUT2D eigenvalue weighted by molar-refractivity contribution is 6.14. The third kappa shape index (κ3) is 3.39. The average molecular weight is 381 g/mol. The van der Waals surface area contributed by atoms with Crippen LogP contribution in [0.3, 0.4) is 0 Å². The van der Waals surface area contributed by atoms with Gasteiger partial charge in [-0.1, -0.05) is 12.8 Å². The number of rotatable bonds is 6. The van der Waals surface area contributed by atoms with Gasteiger partial charge in [-0.15, -0.1) is 0 Å². The number of hydrogen-bond donors (Lipinski definition) is 4. The van der Waals surface area contributed by atoms with Crippen molar-refractivity contribution >= 4 is 35.3 Å². The molecule has 2 aromatic rings. The number of nitrogens with zero attached hydrogens (tertiary/aromatic N) is 3. The molecular weight excluding hydrogens is 358 g/mol. The molecule has 0 bridgehead atoms. The number of imide groups is 1. The van der Waals surface area contributed by atoms with Crippen molar-refractivity contribution in [2.24, 2.45) is 5.92 Å². The van der Waals surface area contributed by atoms with Gasteiger partial charge in [-0.2, -0.15) is 9.61 Å². The Kier molecular flexibility index (Phi) is 4.14. The van der Waals surface area contributed by atoms with E-state index in [1.54, 1.807) is 16.8 Å². The van der Waals surface area contributed by atoms with Crippen molar-refractivity contribution in [1.82, 2.24) is 25.2 Å². The number of fused-ring (bicyclic) bond motifs is 1. The highest BCUT2D eigenvalue weighted by Crippen LogP contribution is 2.30. The van der Waals surface area contributed by atoms with E-state index in [1.165, 1.54) is 25.7 Å². The third-order valence-electron chi connectivity index (χ3n) is 5.49. The predicted molar refractivity (Wildman–Crippen MR) is 105 cm³/mol. The second kappa shape index (κ2) is 6.81. The van der Waals surface area contributed by atoms with Gasteiger partial charge < -0.3 is 16.0 Å². The molecule has 0 unspecified atom stereocenters. The molecule has 0 aromatic carbocycles. The average Bonchev–Trinajstić information content (AvgIpc) is 3.03. The molecule has 3 amide bonds. The monoisotopic (exact) mass is 381 g/mol. The van der Waals surface area contributed by atoms with Gasteiger partial charge in [-0.25, -0.2) is 9.78 Å². The minimum Gasteiger partial charge on any atom is -0.370 e. The molecule has 1 saturated heterocycles. The molecule has 2 saturated carbocycles. The van der Waals surface area contributed by atoms with E-state index >= 15 is 0 Å². The van der Waals surface area contributed by atoms with E-state index < -0.39 is 11.9 Å². The zero-order valence-electron chi connectivity index (χ0n) is 15.5. The Morgan fingerprint density at radius 3 is 2.71 bits per heavy atom. The number of amides is 3. The first kappa shape index (κ1) is 17.0. The van der Waals surface area contributed by atoms with E-state index in [1.807, 2.05) is 6.07 Å². The summed E-state index contributed by atoms with van der Waals surface area (Å²) in [6.07, 6.45) is 10.6. The zero-order chi connectivity index (χ0) is 19.1. The molecule has 1 aliphatic heterocycles. The molecule has 0 atom stereocenters. The van der Waals surface area contributed by atoms with Crippen molar-refractivity contribution in [3.63, 3.8) is 0 Å². The van der Waals surface area contributed by atoms with Gasteiger partial charge in [-0.05, 0) is 37.7 Å². The molecule has 2 aliphatic carbocycles. The number of nitrogens with one attached hydrogen (secondary N) is 4. The molecule has 3 heterocycles. The van der Waals surface area contributed by atoms with E-state index in [0.717, 1.165) is 36.9 Å². The maximum Gasteiger partial charge on any atom is 0.326 e. The van der Waals surface area contributed by atoms with Crippen molar-refractivity contribution in [3.8, 4) is 0 Å². The van der Waals surface area contributed by atoms with Gasteiger partial charge >= 0.3 is 6.03 Å². The van der Waals surface area contributed by atoms with Gasteiger partial charge in [0.15, 0.2) is 5.65 Å². The van der Waals surface area contributed by atoms with E-state index in [2.05, 4.69) is 26.4 Å². The normalized spacial score (nSPS) is 21.4. The van der Waals surface area contributed by atoms with Crippen LogP contribution in [0.5, 0.6) is 0 Å². The van der Waals surface area contributed by atoms with Crippen molar-refractivity contribution in [1.29, 1.82) is 0 Å². The van der Waals surface area contributed by atoms with Gasteiger partial charge in [0, 0.05) is 24.2 Å². The van der Waals surface area contributed by atoms with E-state index in [4.69, 9.17) is 4.98 Å². The minimum absolute atomic E-state index is 0.198. The topological polar surface area (TPSA) is 112 Å². The fourth-order valence-corrected chi connectivity index (χ4v) is 3.77. The first-order valence-electron chi connectivity index (χ1n) is 9.89. The van der Waals surface area contributed by atoms with Crippen molar-refractivity contribution in [3.05, 3.63) is 23.5 Å². The lowest BCUT2D eigenvalue weighted by atomic mass is 10.2. The number of carbonyl (C=O) groups is 2. The summed E-state index contributed by atoms with van der Waals surface area (Å²) in [6.45, 7) is 0.913. The first-order valence-corrected chi connectivity index (χ1v) is 9.89. The van der Waals surface area contributed by atoms with E-state index in [-0.39, 0.29) is 5.70 Å². The van der Waals surface area contributed by atoms with Crippen LogP contribution in [0.15, 0.2) is 18.0 Å². The molecule has 0 spiro atoms. The highest BCUT2D eigenvalue weighted by atomic mass is 16.2. The second-order valence-corrected chi connectivity index (χ2v) is 7.78. The number of anilines is 2. The molecular formula is C19H23N7O2. The third-order valence-corrected chi connectivity index (χ3v) is 5.49. The van der Waals surface area contributed by atoms with Crippen LogP contribution in [0.1, 0.15) is 44.1 Å². The summed E-state index contributed by atoms with van der Waals surface area (Å²) in [7, 11) is 0. The Bertz CT molecular complexity index is 970. The van der Waals surface area contributed by atoms with Crippen LogP contribution in [0, 0.1) is 5.92 Å². The Balaban J connectivity index is 1.51. The van der Waals surface area contributed by atoms with Crippen LogP contribution in [0.4, 0.5) is 16.4 Å². The fraction of sp³-hybridized carbons (Fsp3) is 0.474. The molecule has 4 N–H and O–H groups in total. The van der Waals surface area contributed by atoms with E-state index in [9.17, 15) is 9.59 Å². The van der Waals surface area contributed by atoms with Crippen LogP contribution in [0.25, 0.3) is 11.7 Å². The van der Waals surface area contributed by atoms with Gasteiger partial charge in [0.25, 0.3) is 5.91 Å². The molecule has 146 valence electrons. The number of hydrogen-bond acceptors (Lipinski definition) is 6.